The maximum absolute atomic E-state index is 11.8. The molecule has 3 N–H and O–H groups in total. The minimum atomic E-state index is -0.415. The second kappa shape index (κ2) is 6.23. The highest BCUT2D eigenvalue weighted by atomic mass is 32.1. The van der Waals surface area contributed by atoms with Gasteiger partial charge < -0.3 is 20.5 Å². The third-order valence-electron chi connectivity index (χ3n) is 3.32. The molecule has 0 aliphatic heterocycles. The molecule has 0 spiro atoms. The van der Waals surface area contributed by atoms with Gasteiger partial charge in [0.05, 0.1) is 42.2 Å². The molecule has 116 valence electrons. The van der Waals surface area contributed by atoms with Crippen LogP contribution in [0.15, 0.2) is 23.8 Å². The zero-order valence-electron chi connectivity index (χ0n) is 12.2. The van der Waals surface area contributed by atoms with Crippen LogP contribution in [0.5, 0.6) is 5.75 Å². The molecule has 1 heterocycles. The largest absolute Gasteiger partial charge is 0.488 e. The van der Waals surface area contributed by atoms with E-state index in [9.17, 15) is 4.79 Å². The number of hydrogen-bond donors (Lipinski definition) is 2. The number of hydrogen-bond acceptors (Lipinski definition) is 7. The Hall–Kier alpha value is -2.28. The molecule has 1 fully saturated rings. The highest BCUT2D eigenvalue weighted by molar-refractivity contribution is 7.09. The summed E-state index contributed by atoms with van der Waals surface area (Å²) in [6.45, 7) is 0.586. The first-order valence-corrected chi connectivity index (χ1v) is 7.85. The monoisotopic (exact) mass is 319 g/mol. The third-order valence-corrected chi connectivity index (χ3v) is 4.10. The Morgan fingerprint density at radius 2 is 2.32 bits per heavy atom. The van der Waals surface area contributed by atoms with E-state index < -0.39 is 5.97 Å². The molecule has 3 rings (SSSR count). The molecular formula is C15H17N3O3S. The van der Waals surface area contributed by atoms with Crippen molar-refractivity contribution >= 4 is 28.7 Å². The number of benzene rings is 1. The van der Waals surface area contributed by atoms with Gasteiger partial charge in [-0.1, -0.05) is 0 Å². The first-order valence-electron chi connectivity index (χ1n) is 6.97. The molecule has 0 atom stereocenters. The standard InChI is InChI=1S/C15H17N3O3S/c1-20-15(19)9-4-12(18-7-11-6-17-8-22-11)14(16)13(5-9)21-10-2-3-10/h4-6,8,10,18H,2-3,7,16H2,1H3. The fourth-order valence-corrected chi connectivity index (χ4v) is 2.52. The third kappa shape index (κ3) is 3.30. The van der Waals surface area contributed by atoms with Gasteiger partial charge in [-0.25, -0.2) is 4.79 Å². The number of carbonyl (C=O) groups excluding carboxylic acids is 1. The van der Waals surface area contributed by atoms with Crippen LogP contribution >= 0.6 is 11.3 Å². The fourth-order valence-electron chi connectivity index (χ4n) is 1.98. The van der Waals surface area contributed by atoms with Gasteiger partial charge in [0.2, 0.25) is 0 Å². The van der Waals surface area contributed by atoms with Crippen molar-refractivity contribution in [2.75, 3.05) is 18.2 Å². The van der Waals surface area contributed by atoms with Crippen LogP contribution in [0.4, 0.5) is 11.4 Å². The van der Waals surface area contributed by atoms with Crippen molar-refractivity contribution in [3.8, 4) is 5.75 Å². The summed E-state index contributed by atoms with van der Waals surface area (Å²) >= 11 is 1.55. The van der Waals surface area contributed by atoms with E-state index in [2.05, 4.69) is 10.3 Å². The summed E-state index contributed by atoms with van der Waals surface area (Å²) < 4.78 is 10.6. The molecule has 1 aromatic heterocycles. The van der Waals surface area contributed by atoms with Crippen molar-refractivity contribution in [3.05, 3.63) is 34.3 Å². The minimum Gasteiger partial charge on any atom is -0.488 e. The number of nitrogen functional groups attached to an aromatic ring is 1. The number of ether oxygens (including phenoxy) is 2. The number of carbonyl (C=O) groups is 1. The number of rotatable bonds is 6. The van der Waals surface area contributed by atoms with Crippen LogP contribution in [0.2, 0.25) is 0 Å². The Labute approximate surface area is 132 Å². The Balaban J connectivity index is 1.86. The number of nitrogens with two attached hydrogens (primary N) is 1. The number of methoxy groups -OCH3 is 1. The number of nitrogens with one attached hydrogen (secondary N) is 1. The summed E-state index contributed by atoms with van der Waals surface area (Å²) in [6, 6.07) is 3.32. The second-order valence-electron chi connectivity index (χ2n) is 5.07. The maximum Gasteiger partial charge on any atom is 0.338 e. The number of aromatic nitrogens is 1. The van der Waals surface area contributed by atoms with E-state index in [1.165, 1.54) is 7.11 Å². The van der Waals surface area contributed by atoms with Crippen molar-refractivity contribution < 1.29 is 14.3 Å². The predicted molar refractivity (Wildman–Crippen MR) is 85.3 cm³/mol. The van der Waals surface area contributed by atoms with E-state index >= 15 is 0 Å². The summed E-state index contributed by atoms with van der Waals surface area (Å²) in [5.74, 6) is 0.110. The molecule has 1 saturated carbocycles. The van der Waals surface area contributed by atoms with Crippen molar-refractivity contribution in [1.82, 2.24) is 4.98 Å². The summed E-state index contributed by atoms with van der Waals surface area (Å²) in [5, 5.41) is 3.23. The van der Waals surface area contributed by atoms with Crippen LogP contribution in [-0.4, -0.2) is 24.2 Å². The lowest BCUT2D eigenvalue weighted by molar-refractivity contribution is 0.0600. The Morgan fingerprint density at radius 3 is 2.95 bits per heavy atom. The van der Waals surface area contributed by atoms with E-state index in [0.717, 1.165) is 17.7 Å². The number of esters is 1. The van der Waals surface area contributed by atoms with Crippen molar-refractivity contribution in [1.29, 1.82) is 0 Å². The molecule has 7 heteroatoms. The van der Waals surface area contributed by atoms with Gasteiger partial charge in [0, 0.05) is 11.1 Å². The van der Waals surface area contributed by atoms with Crippen LogP contribution in [0.1, 0.15) is 28.1 Å². The molecule has 22 heavy (non-hydrogen) atoms. The van der Waals surface area contributed by atoms with Gasteiger partial charge in [-0.05, 0) is 25.0 Å². The van der Waals surface area contributed by atoms with Crippen molar-refractivity contribution in [2.24, 2.45) is 0 Å². The van der Waals surface area contributed by atoms with E-state index in [1.54, 1.807) is 35.2 Å². The minimum absolute atomic E-state index is 0.199. The van der Waals surface area contributed by atoms with Gasteiger partial charge in [-0.15, -0.1) is 11.3 Å². The smallest absolute Gasteiger partial charge is 0.338 e. The molecule has 0 amide bonds. The molecule has 1 aliphatic carbocycles. The molecule has 0 bridgehead atoms. The lowest BCUT2D eigenvalue weighted by Crippen LogP contribution is -2.09. The van der Waals surface area contributed by atoms with Crippen LogP contribution in [0.3, 0.4) is 0 Å². The zero-order valence-corrected chi connectivity index (χ0v) is 13.0. The SMILES string of the molecule is COC(=O)c1cc(NCc2cncs2)c(N)c(OC2CC2)c1. The average Bonchev–Trinajstić information content (AvgIpc) is 3.19. The summed E-state index contributed by atoms with van der Waals surface area (Å²) in [4.78, 5) is 16.9. The van der Waals surface area contributed by atoms with Crippen LogP contribution in [0.25, 0.3) is 0 Å². The van der Waals surface area contributed by atoms with Gasteiger partial charge in [0.15, 0.2) is 0 Å². The Morgan fingerprint density at radius 1 is 1.50 bits per heavy atom. The Kier molecular flexibility index (Phi) is 4.15. The van der Waals surface area contributed by atoms with Gasteiger partial charge in [0.25, 0.3) is 0 Å². The quantitative estimate of drug-likeness (QED) is 0.629. The van der Waals surface area contributed by atoms with E-state index in [1.807, 2.05) is 0 Å². The van der Waals surface area contributed by atoms with Gasteiger partial charge >= 0.3 is 5.97 Å². The summed E-state index contributed by atoms with van der Waals surface area (Å²) in [7, 11) is 1.35. The van der Waals surface area contributed by atoms with Crippen LogP contribution in [-0.2, 0) is 11.3 Å². The van der Waals surface area contributed by atoms with Crippen LogP contribution in [0, 0.1) is 0 Å². The lowest BCUT2D eigenvalue weighted by Gasteiger charge is -2.15. The first kappa shape index (κ1) is 14.6. The highest BCUT2D eigenvalue weighted by Gasteiger charge is 2.25. The first-order chi connectivity index (χ1) is 10.7. The summed E-state index contributed by atoms with van der Waals surface area (Å²) in [5.41, 5.74) is 9.51. The maximum atomic E-state index is 11.8. The molecule has 0 saturated heterocycles. The second-order valence-corrected chi connectivity index (χ2v) is 6.04. The molecule has 0 unspecified atom stereocenters. The fraction of sp³-hybridized carbons (Fsp3) is 0.333. The van der Waals surface area contributed by atoms with Gasteiger partial charge in [0.1, 0.15) is 5.75 Å². The molecule has 6 nitrogen and oxygen atoms in total. The molecular weight excluding hydrogens is 302 g/mol. The predicted octanol–water partition coefficient (Wildman–Crippen LogP) is 2.67. The van der Waals surface area contributed by atoms with Gasteiger partial charge in [-0.2, -0.15) is 0 Å². The zero-order chi connectivity index (χ0) is 15.5. The number of nitrogens with zero attached hydrogens (tertiary/aromatic N) is 1. The normalized spacial score (nSPS) is 13.7. The van der Waals surface area contributed by atoms with E-state index in [0.29, 0.717) is 29.2 Å². The van der Waals surface area contributed by atoms with Crippen molar-refractivity contribution in [2.45, 2.75) is 25.5 Å². The van der Waals surface area contributed by atoms with Gasteiger partial charge in [-0.3, -0.25) is 4.98 Å². The van der Waals surface area contributed by atoms with Crippen molar-refractivity contribution in [3.63, 3.8) is 0 Å². The summed E-state index contributed by atoms with van der Waals surface area (Å²) in [6.07, 6.45) is 4.03. The average molecular weight is 319 g/mol. The Bertz CT molecular complexity index is 669. The molecule has 0 radical (unpaired) electrons. The molecule has 1 aromatic carbocycles. The topological polar surface area (TPSA) is 86.5 Å². The van der Waals surface area contributed by atoms with E-state index in [-0.39, 0.29) is 6.10 Å². The molecule has 2 aromatic rings. The number of thiazole rings is 1. The number of anilines is 2. The lowest BCUT2D eigenvalue weighted by atomic mass is 10.1. The van der Waals surface area contributed by atoms with E-state index in [4.69, 9.17) is 15.2 Å². The van der Waals surface area contributed by atoms with Crippen LogP contribution < -0.4 is 15.8 Å². The highest BCUT2D eigenvalue weighted by Crippen LogP contribution is 2.36. The molecule has 1 aliphatic rings.